The average molecular weight is 239 g/mol. The van der Waals surface area contributed by atoms with Crippen molar-refractivity contribution < 1.29 is 9.53 Å². The average Bonchev–Trinajstić information content (AvgIpc) is 2.26. The Bertz CT molecular complexity index is 355. The monoisotopic (exact) mass is 239 g/mol. The van der Waals surface area contributed by atoms with Crippen molar-refractivity contribution in [3.63, 3.8) is 0 Å². The third kappa shape index (κ3) is 4.57. The van der Waals surface area contributed by atoms with Crippen molar-refractivity contribution in [3.8, 4) is 5.75 Å². The van der Waals surface area contributed by atoms with Crippen LogP contribution in [0.1, 0.15) is 13.8 Å². The van der Waals surface area contributed by atoms with Crippen LogP contribution in [0.3, 0.4) is 0 Å². The van der Waals surface area contributed by atoms with E-state index in [4.69, 9.17) is 4.74 Å². The molecule has 0 fully saturated rings. The van der Waals surface area contributed by atoms with Crippen LogP contribution in [0.4, 0.5) is 0 Å². The first kappa shape index (κ1) is 12.9. The van der Waals surface area contributed by atoms with Gasteiger partial charge in [0.15, 0.2) is 0 Å². The largest absolute Gasteiger partial charge is 0.497 e. The molecule has 0 bridgehead atoms. The van der Waals surface area contributed by atoms with Crippen molar-refractivity contribution in [2.75, 3.05) is 12.9 Å². The van der Waals surface area contributed by atoms with Crippen molar-refractivity contribution in [2.24, 2.45) is 0 Å². The standard InChI is InChI=1S/C12H17NO2S/c1-9(13-10(2)14)8-16-12-6-4-5-11(7-12)15-3/h4-7,9H,8H2,1-3H3,(H,13,14)/t9-/m1/s1. The van der Waals surface area contributed by atoms with Crippen LogP contribution in [0.15, 0.2) is 29.2 Å². The van der Waals surface area contributed by atoms with Gasteiger partial charge in [-0.05, 0) is 25.1 Å². The molecular formula is C12H17NO2S. The van der Waals surface area contributed by atoms with Crippen LogP contribution in [-0.2, 0) is 4.79 Å². The molecule has 0 radical (unpaired) electrons. The summed E-state index contributed by atoms with van der Waals surface area (Å²) in [7, 11) is 1.66. The second-order valence-corrected chi connectivity index (χ2v) is 4.68. The number of methoxy groups -OCH3 is 1. The number of thioether (sulfide) groups is 1. The van der Waals surface area contributed by atoms with E-state index < -0.39 is 0 Å². The van der Waals surface area contributed by atoms with Crippen LogP contribution in [0.5, 0.6) is 5.75 Å². The van der Waals surface area contributed by atoms with E-state index >= 15 is 0 Å². The molecule has 3 nitrogen and oxygen atoms in total. The van der Waals surface area contributed by atoms with Crippen LogP contribution >= 0.6 is 11.8 Å². The van der Waals surface area contributed by atoms with Gasteiger partial charge in [-0.1, -0.05) is 6.07 Å². The summed E-state index contributed by atoms with van der Waals surface area (Å²) in [5, 5.41) is 2.85. The molecule has 0 aliphatic carbocycles. The summed E-state index contributed by atoms with van der Waals surface area (Å²) in [4.78, 5) is 12.0. The first-order chi connectivity index (χ1) is 7.61. The number of rotatable bonds is 5. The van der Waals surface area contributed by atoms with Crippen LogP contribution < -0.4 is 10.1 Å². The molecule has 1 rings (SSSR count). The lowest BCUT2D eigenvalue weighted by atomic mass is 10.3. The quantitative estimate of drug-likeness (QED) is 0.801. The molecule has 1 atom stereocenters. The number of carbonyl (C=O) groups is 1. The third-order valence-electron chi connectivity index (χ3n) is 1.99. The number of benzene rings is 1. The molecular weight excluding hydrogens is 222 g/mol. The van der Waals surface area contributed by atoms with Gasteiger partial charge in [0.1, 0.15) is 5.75 Å². The Morgan fingerprint density at radius 1 is 1.56 bits per heavy atom. The fraction of sp³-hybridized carbons (Fsp3) is 0.417. The molecule has 0 unspecified atom stereocenters. The van der Waals surface area contributed by atoms with Gasteiger partial charge in [-0.15, -0.1) is 11.8 Å². The normalized spacial score (nSPS) is 11.9. The smallest absolute Gasteiger partial charge is 0.217 e. The lowest BCUT2D eigenvalue weighted by Crippen LogP contribution is -2.32. The van der Waals surface area contributed by atoms with E-state index in [0.717, 1.165) is 16.4 Å². The van der Waals surface area contributed by atoms with E-state index in [1.165, 1.54) is 6.92 Å². The molecule has 0 saturated carbocycles. The summed E-state index contributed by atoms with van der Waals surface area (Å²) in [5.41, 5.74) is 0. The van der Waals surface area contributed by atoms with Crippen molar-refractivity contribution in [1.82, 2.24) is 5.32 Å². The maximum absolute atomic E-state index is 10.8. The zero-order chi connectivity index (χ0) is 12.0. The summed E-state index contributed by atoms with van der Waals surface area (Å²) < 4.78 is 5.14. The lowest BCUT2D eigenvalue weighted by molar-refractivity contribution is -0.119. The van der Waals surface area contributed by atoms with Crippen LogP contribution in [-0.4, -0.2) is 24.8 Å². The topological polar surface area (TPSA) is 38.3 Å². The van der Waals surface area contributed by atoms with Gasteiger partial charge in [-0.2, -0.15) is 0 Å². The number of hydrogen-bond donors (Lipinski definition) is 1. The Morgan fingerprint density at radius 3 is 2.94 bits per heavy atom. The molecule has 0 heterocycles. The number of carbonyl (C=O) groups excluding carboxylic acids is 1. The van der Waals surface area contributed by atoms with Crippen molar-refractivity contribution in [1.29, 1.82) is 0 Å². The molecule has 0 aromatic heterocycles. The molecule has 1 aromatic rings. The van der Waals surface area contributed by atoms with E-state index in [1.807, 2.05) is 31.2 Å². The highest BCUT2D eigenvalue weighted by atomic mass is 32.2. The van der Waals surface area contributed by atoms with Gasteiger partial charge < -0.3 is 10.1 Å². The highest BCUT2D eigenvalue weighted by Crippen LogP contribution is 2.23. The Kier molecular flexibility index (Phi) is 5.19. The predicted molar refractivity (Wildman–Crippen MR) is 67.0 cm³/mol. The van der Waals surface area contributed by atoms with E-state index in [0.29, 0.717) is 0 Å². The van der Waals surface area contributed by atoms with Gasteiger partial charge in [0.2, 0.25) is 5.91 Å². The van der Waals surface area contributed by atoms with Crippen molar-refractivity contribution >= 4 is 17.7 Å². The third-order valence-corrected chi connectivity index (χ3v) is 3.24. The number of nitrogens with one attached hydrogen (secondary N) is 1. The van der Waals surface area contributed by atoms with Gasteiger partial charge in [0, 0.05) is 23.6 Å². The van der Waals surface area contributed by atoms with Crippen molar-refractivity contribution in [2.45, 2.75) is 24.8 Å². The highest BCUT2D eigenvalue weighted by molar-refractivity contribution is 7.99. The lowest BCUT2D eigenvalue weighted by Gasteiger charge is -2.12. The fourth-order valence-corrected chi connectivity index (χ4v) is 2.20. The summed E-state index contributed by atoms with van der Waals surface area (Å²) in [6.07, 6.45) is 0. The zero-order valence-corrected chi connectivity index (χ0v) is 10.6. The van der Waals surface area contributed by atoms with Gasteiger partial charge in [0.25, 0.3) is 0 Å². The summed E-state index contributed by atoms with van der Waals surface area (Å²) in [6, 6.07) is 8.08. The molecule has 0 aliphatic heterocycles. The maximum atomic E-state index is 10.8. The Hall–Kier alpha value is -1.16. The molecule has 16 heavy (non-hydrogen) atoms. The van der Waals surface area contributed by atoms with Crippen LogP contribution in [0, 0.1) is 0 Å². The fourth-order valence-electron chi connectivity index (χ4n) is 1.30. The number of hydrogen-bond acceptors (Lipinski definition) is 3. The predicted octanol–water partition coefficient (Wildman–Crippen LogP) is 2.31. The number of amides is 1. The Balaban J connectivity index is 2.44. The van der Waals surface area contributed by atoms with E-state index in [1.54, 1.807) is 18.9 Å². The Morgan fingerprint density at radius 2 is 2.31 bits per heavy atom. The van der Waals surface area contributed by atoms with Gasteiger partial charge >= 0.3 is 0 Å². The SMILES string of the molecule is COc1cccc(SC[C@@H](C)NC(C)=O)c1. The van der Waals surface area contributed by atoms with Crippen LogP contribution in [0.25, 0.3) is 0 Å². The molecule has 1 aromatic carbocycles. The van der Waals surface area contributed by atoms with Gasteiger partial charge in [-0.25, -0.2) is 0 Å². The van der Waals surface area contributed by atoms with E-state index in [9.17, 15) is 4.79 Å². The Labute approximate surface area is 101 Å². The molecule has 4 heteroatoms. The second-order valence-electron chi connectivity index (χ2n) is 3.59. The van der Waals surface area contributed by atoms with E-state index in [-0.39, 0.29) is 11.9 Å². The molecule has 0 spiro atoms. The maximum Gasteiger partial charge on any atom is 0.217 e. The summed E-state index contributed by atoms with van der Waals surface area (Å²) >= 11 is 1.71. The minimum Gasteiger partial charge on any atom is -0.497 e. The van der Waals surface area contributed by atoms with Crippen LogP contribution in [0.2, 0.25) is 0 Å². The second kappa shape index (κ2) is 6.43. The molecule has 1 amide bonds. The molecule has 0 saturated heterocycles. The van der Waals surface area contributed by atoms with Crippen molar-refractivity contribution in [3.05, 3.63) is 24.3 Å². The van der Waals surface area contributed by atoms with Gasteiger partial charge in [-0.3, -0.25) is 4.79 Å². The minimum atomic E-state index is 0.0127. The zero-order valence-electron chi connectivity index (χ0n) is 9.82. The minimum absolute atomic E-state index is 0.0127. The highest BCUT2D eigenvalue weighted by Gasteiger charge is 2.04. The molecule has 1 N–H and O–H groups in total. The van der Waals surface area contributed by atoms with Gasteiger partial charge in [0.05, 0.1) is 7.11 Å². The summed E-state index contributed by atoms with van der Waals surface area (Å²) in [6.45, 7) is 3.53. The van der Waals surface area contributed by atoms with E-state index in [2.05, 4.69) is 5.32 Å². The first-order valence-electron chi connectivity index (χ1n) is 5.15. The number of ether oxygens (including phenoxy) is 1. The first-order valence-corrected chi connectivity index (χ1v) is 6.14. The molecule has 0 aliphatic rings. The molecule has 88 valence electrons. The summed E-state index contributed by atoms with van der Waals surface area (Å²) in [5.74, 6) is 1.73.